The number of sulfonamides is 1. The van der Waals surface area contributed by atoms with Gasteiger partial charge in [0.2, 0.25) is 10.0 Å². The van der Waals surface area contributed by atoms with Crippen molar-refractivity contribution in [2.24, 2.45) is 0 Å². The molecule has 1 aliphatic rings. The maximum atomic E-state index is 12.6. The average Bonchev–Trinajstić information content (AvgIpc) is 2.26. The van der Waals surface area contributed by atoms with Crippen LogP contribution in [0.3, 0.4) is 0 Å². The molecule has 6 heteroatoms. The quantitative estimate of drug-likeness (QED) is 0.850. The largest absolute Gasteiger partial charge is 0.398 e. The normalized spacial score (nSPS) is 25.4. The molecule has 0 aromatic heterocycles. The number of nitrogens with two attached hydrogens (primary N) is 1. The number of thioether (sulfide) groups is 1. The molecule has 1 heterocycles. The standard InChI is InChI=1S/C13H20N2O2S2/c1-9-4-5-13(12(14)6-9)19(16,17)15-7-10(2)18-11(3)8-15/h4-6,10-11H,7-8,14H2,1-3H3. The van der Waals surface area contributed by atoms with E-state index in [0.717, 1.165) is 5.56 Å². The molecule has 2 rings (SSSR count). The second-order valence-electron chi connectivity index (χ2n) is 5.12. The summed E-state index contributed by atoms with van der Waals surface area (Å²) in [6.07, 6.45) is 0. The third kappa shape index (κ3) is 3.07. The highest BCUT2D eigenvalue weighted by molar-refractivity contribution is 8.00. The molecule has 106 valence electrons. The van der Waals surface area contributed by atoms with Crippen molar-refractivity contribution in [3.63, 3.8) is 0 Å². The molecule has 0 radical (unpaired) electrons. The zero-order valence-corrected chi connectivity index (χ0v) is 13.1. The van der Waals surface area contributed by atoms with E-state index in [2.05, 4.69) is 13.8 Å². The van der Waals surface area contributed by atoms with Crippen molar-refractivity contribution < 1.29 is 8.42 Å². The molecule has 2 unspecified atom stereocenters. The molecule has 4 nitrogen and oxygen atoms in total. The first-order valence-electron chi connectivity index (χ1n) is 6.32. The van der Waals surface area contributed by atoms with Crippen molar-refractivity contribution >= 4 is 27.5 Å². The highest BCUT2D eigenvalue weighted by Gasteiger charge is 2.32. The smallest absolute Gasteiger partial charge is 0.245 e. The van der Waals surface area contributed by atoms with Gasteiger partial charge in [-0.15, -0.1) is 0 Å². The molecule has 2 atom stereocenters. The number of hydrogen-bond acceptors (Lipinski definition) is 4. The van der Waals surface area contributed by atoms with Crippen LogP contribution in [0.25, 0.3) is 0 Å². The second-order valence-corrected chi connectivity index (χ2v) is 8.91. The molecule has 2 N–H and O–H groups in total. The van der Waals surface area contributed by atoms with Crippen molar-refractivity contribution in [2.75, 3.05) is 18.8 Å². The van der Waals surface area contributed by atoms with Gasteiger partial charge in [0.15, 0.2) is 0 Å². The molecule has 0 saturated carbocycles. The highest BCUT2D eigenvalue weighted by atomic mass is 32.2. The fourth-order valence-electron chi connectivity index (χ4n) is 2.37. The van der Waals surface area contributed by atoms with E-state index >= 15 is 0 Å². The van der Waals surface area contributed by atoms with Crippen LogP contribution >= 0.6 is 11.8 Å². The lowest BCUT2D eigenvalue weighted by atomic mass is 10.2. The Kier molecular flexibility index (Phi) is 4.13. The van der Waals surface area contributed by atoms with Gasteiger partial charge in [0.1, 0.15) is 4.90 Å². The summed E-state index contributed by atoms with van der Waals surface area (Å²) in [5, 5.41) is 0.621. The van der Waals surface area contributed by atoms with Gasteiger partial charge in [-0.3, -0.25) is 0 Å². The molecule has 0 aliphatic carbocycles. The Labute approximate surface area is 119 Å². The molecule has 19 heavy (non-hydrogen) atoms. The van der Waals surface area contributed by atoms with E-state index in [0.29, 0.717) is 29.3 Å². The Morgan fingerprint density at radius 1 is 1.26 bits per heavy atom. The van der Waals surface area contributed by atoms with E-state index in [1.807, 2.05) is 18.7 Å². The number of rotatable bonds is 2. The molecule has 0 bridgehead atoms. The summed E-state index contributed by atoms with van der Waals surface area (Å²) in [5.41, 5.74) is 7.17. The predicted molar refractivity (Wildman–Crippen MR) is 80.9 cm³/mol. The molecule has 1 aliphatic heterocycles. The molecular weight excluding hydrogens is 280 g/mol. The summed E-state index contributed by atoms with van der Waals surface area (Å²) in [4.78, 5) is 0.226. The number of hydrogen-bond donors (Lipinski definition) is 1. The van der Waals surface area contributed by atoms with Crippen LogP contribution < -0.4 is 5.73 Å². The molecule has 1 aromatic rings. The maximum Gasteiger partial charge on any atom is 0.245 e. The third-order valence-electron chi connectivity index (χ3n) is 3.17. The van der Waals surface area contributed by atoms with E-state index in [1.54, 1.807) is 22.5 Å². The van der Waals surface area contributed by atoms with Crippen LogP contribution in [0.1, 0.15) is 19.4 Å². The van der Waals surface area contributed by atoms with Crippen LogP contribution in [-0.2, 0) is 10.0 Å². The minimum absolute atomic E-state index is 0.226. The third-order valence-corrected chi connectivity index (χ3v) is 6.30. The molecule has 0 amide bonds. The van der Waals surface area contributed by atoms with Gasteiger partial charge in [0.05, 0.1) is 5.69 Å². The Balaban J connectivity index is 2.36. The van der Waals surface area contributed by atoms with Crippen LogP contribution in [-0.4, -0.2) is 36.3 Å². The fourth-order valence-corrected chi connectivity index (χ4v) is 5.60. The van der Waals surface area contributed by atoms with E-state index < -0.39 is 10.0 Å². The lowest BCUT2D eigenvalue weighted by molar-refractivity contribution is 0.405. The predicted octanol–water partition coefficient (Wildman–Crippen LogP) is 2.09. The minimum Gasteiger partial charge on any atom is -0.398 e. The monoisotopic (exact) mass is 300 g/mol. The first kappa shape index (κ1) is 14.7. The Morgan fingerprint density at radius 2 is 1.84 bits per heavy atom. The Hall–Kier alpha value is -0.720. The number of nitrogen functional groups attached to an aromatic ring is 1. The lowest BCUT2D eigenvalue weighted by Crippen LogP contribution is -2.44. The minimum atomic E-state index is -3.48. The van der Waals surface area contributed by atoms with Crippen LogP contribution in [0.2, 0.25) is 0 Å². The summed E-state index contributed by atoms with van der Waals surface area (Å²) in [6, 6.07) is 5.10. The van der Waals surface area contributed by atoms with E-state index in [-0.39, 0.29) is 4.90 Å². The van der Waals surface area contributed by atoms with Gasteiger partial charge in [-0.1, -0.05) is 19.9 Å². The van der Waals surface area contributed by atoms with Crippen LogP contribution in [0, 0.1) is 6.92 Å². The van der Waals surface area contributed by atoms with Gasteiger partial charge in [-0.25, -0.2) is 8.42 Å². The van der Waals surface area contributed by atoms with Gasteiger partial charge >= 0.3 is 0 Å². The molecule has 0 spiro atoms. The molecule has 1 saturated heterocycles. The van der Waals surface area contributed by atoms with Gasteiger partial charge in [-0.2, -0.15) is 16.1 Å². The van der Waals surface area contributed by atoms with E-state index in [1.165, 1.54) is 0 Å². The van der Waals surface area contributed by atoms with Gasteiger partial charge in [0.25, 0.3) is 0 Å². The van der Waals surface area contributed by atoms with Crippen molar-refractivity contribution in [3.8, 4) is 0 Å². The Bertz CT molecular complexity index is 562. The van der Waals surface area contributed by atoms with E-state index in [9.17, 15) is 8.42 Å². The summed E-state index contributed by atoms with van der Waals surface area (Å²) in [7, 11) is -3.48. The SMILES string of the molecule is Cc1ccc(S(=O)(=O)N2CC(C)SC(C)C2)c(N)c1. The van der Waals surface area contributed by atoms with Gasteiger partial charge < -0.3 is 5.73 Å². The molecule has 1 aromatic carbocycles. The number of nitrogens with zero attached hydrogens (tertiary/aromatic N) is 1. The van der Waals surface area contributed by atoms with Crippen molar-refractivity contribution in [1.29, 1.82) is 0 Å². The van der Waals surface area contributed by atoms with E-state index in [4.69, 9.17) is 5.73 Å². The van der Waals surface area contributed by atoms with Gasteiger partial charge in [-0.05, 0) is 24.6 Å². The summed E-state index contributed by atoms with van der Waals surface area (Å²) in [6.45, 7) is 7.10. The average molecular weight is 300 g/mol. The summed E-state index contributed by atoms with van der Waals surface area (Å²) < 4.78 is 26.8. The number of aryl methyl sites for hydroxylation is 1. The first-order chi connectivity index (χ1) is 8.80. The lowest BCUT2D eigenvalue weighted by Gasteiger charge is -2.33. The fraction of sp³-hybridized carbons (Fsp3) is 0.538. The maximum absolute atomic E-state index is 12.6. The van der Waals surface area contributed by atoms with Gasteiger partial charge in [0, 0.05) is 23.6 Å². The Morgan fingerprint density at radius 3 is 2.37 bits per heavy atom. The van der Waals surface area contributed by atoms with Crippen molar-refractivity contribution in [1.82, 2.24) is 4.31 Å². The highest BCUT2D eigenvalue weighted by Crippen LogP contribution is 2.30. The van der Waals surface area contributed by atoms with Crippen molar-refractivity contribution in [2.45, 2.75) is 36.2 Å². The summed E-state index contributed by atoms with van der Waals surface area (Å²) in [5.74, 6) is 0. The first-order valence-corrected chi connectivity index (χ1v) is 8.70. The zero-order chi connectivity index (χ0) is 14.2. The molecular formula is C13H20N2O2S2. The number of benzene rings is 1. The van der Waals surface area contributed by atoms with Crippen LogP contribution in [0.5, 0.6) is 0 Å². The molecule has 1 fully saturated rings. The number of anilines is 1. The second kappa shape index (κ2) is 5.34. The zero-order valence-electron chi connectivity index (χ0n) is 11.5. The van der Waals surface area contributed by atoms with Crippen LogP contribution in [0.4, 0.5) is 5.69 Å². The van der Waals surface area contributed by atoms with Crippen LogP contribution in [0.15, 0.2) is 23.1 Å². The van der Waals surface area contributed by atoms with Crippen molar-refractivity contribution in [3.05, 3.63) is 23.8 Å². The topological polar surface area (TPSA) is 63.4 Å². The summed E-state index contributed by atoms with van der Waals surface area (Å²) >= 11 is 1.83.